The largest absolute Gasteiger partial charge is 0.444 e. The number of hydrogen-bond acceptors (Lipinski definition) is 5. The summed E-state index contributed by atoms with van der Waals surface area (Å²) in [6, 6.07) is 0. The van der Waals surface area contributed by atoms with Gasteiger partial charge >= 0.3 is 6.09 Å². The molecule has 1 amide bonds. The number of carbonyl (C=O) groups excluding carboxylic acids is 2. The molecule has 1 aliphatic carbocycles. The van der Waals surface area contributed by atoms with Crippen molar-refractivity contribution in [1.29, 1.82) is 0 Å². The van der Waals surface area contributed by atoms with Gasteiger partial charge in [-0.1, -0.05) is 0 Å². The van der Waals surface area contributed by atoms with Gasteiger partial charge in [-0.25, -0.2) is 4.79 Å². The fourth-order valence-corrected chi connectivity index (χ4v) is 4.93. The molecule has 3 heterocycles. The molecule has 4 fully saturated rings. The number of aliphatic hydroxyl groups is 1. The minimum atomic E-state index is -1.25. The van der Waals surface area contributed by atoms with Crippen molar-refractivity contribution in [2.45, 2.75) is 44.8 Å². The molecule has 2 N–H and O–H groups in total. The Labute approximate surface area is 131 Å². The molecule has 3 aliphatic heterocycles. The molecule has 4 rings (SSSR count). The van der Waals surface area contributed by atoms with Crippen molar-refractivity contribution in [3.63, 3.8) is 0 Å². The number of ether oxygens (including phenoxy) is 1. The number of hydrogen-bond donors (Lipinski definition) is 2. The van der Waals surface area contributed by atoms with Gasteiger partial charge < -0.3 is 24.9 Å². The van der Waals surface area contributed by atoms with Crippen LogP contribution in [0.2, 0.25) is 0 Å². The van der Waals surface area contributed by atoms with Gasteiger partial charge in [0.15, 0.2) is 0 Å². The molecule has 0 aromatic heterocycles. The van der Waals surface area contributed by atoms with E-state index in [4.69, 9.17) is 4.74 Å². The van der Waals surface area contributed by atoms with Crippen molar-refractivity contribution in [3.8, 4) is 0 Å². The van der Waals surface area contributed by atoms with Gasteiger partial charge in [-0.2, -0.15) is 0 Å². The lowest BCUT2D eigenvalue weighted by Gasteiger charge is -2.46. The predicted molar refractivity (Wildman–Crippen MR) is 80.3 cm³/mol. The molecule has 4 aliphatic rings. The molecule has 6 nitrogen and oxygen atoms in total. The van der Waals surface area contributed by atoms with Crippen LogP contribution >= 0.6 is 0 Å². The first-order valence-corrected chi connectivity index (χ1v) is 8.04. The van der Waals surface area contributed by atoms with Crippen LogP contribution in [0.1, 0.15) is 33.6 Å². The van der Waals surface area contributed by atoms with E-state index in [1.807, 2.05) is 0 Å². The van der Waals surface area contributed by atoms with Crippen molar-refractivity contribution in [2.24, 2.45) is 17.3 Å². The first-order valence-electron chi connectivity index (χ1n) is 8.04. The maximum Gasteiger partial charge on any atom is 0.408 e. The zero-order valence-corrected chi connectivity index (χ0v) is 13.6. The summed E-state index contributed by atoms with van der Waals surface area (Å²) in [5.41, 5.74) is -2.24. The first kappa shape index (κ1) is 15.7. The van der Waals surface area contributed by atoms with Gasteiger partial charge in [-0.15, -0.1) is 0 Å². The second-order valence-electron chi connectivity index (χ2n) is 8.23. The smallest absolute Gasteiger partial charge is 0.408 e. The summed E-state index contributed by atoms with van der Waals surface area (Å²) >= 11 is 0. The summed E-state index contributed by atoms with van der Waals surface area (Å²) in [6.45, 7) is 7.76. The summed E-state index contributed by atoms with van der Waals surface area (Å²) in [7, 11) is 0. The van der Waals surface area contributed by atoms with E-state index in [9.17, 15) is 14.7 Å². The summed E-state index contributed by atoms with van der Waals surface area (Å²) in [4.78, 5) is 26.5. The van der Waals surface area contributed by atoms with Gasteiger partial charge in [0.25, 0.3) is 0 Å². The van der Waals surface area contributed by atoms with E-state index in [1.165, 1.54) is 0 Å². The van der Waals surface area contributed by atoms with Crippen LogP contribution in [-0.2, 0) is 9.53 Å². The zero-order valence-electron chi connectivity index (χ0n) is 13.6. The van der Waals surface area contributed by atoms with Crippen LogP contribution in [0, 0.1) is 17.3 Å². The SMILES string of the molecule is CC(C)(C)OC(=O)N[C@@](C=O)(CO)C12CC3CC1CN(C3)C2. The second-order valence-corrected chi connectivity index (χ2v) is 8.23. The van der Waals surface area contributed by atoms with Gasteiger partial charge in [-0.3, -0.25) is 0 Å². The quantitative estimate of drug-likeness (QED) is 0.750. The molecular formula is C16H26N2O4. The molecule has 3 saturated heterocycles. The van der Waals surface area contributed by atoms with Crippen LogP contribution in [0.4, 0.5) is 4.79 Å². The van der Waals surface area contributed by atoms with E-state index in [1.54, 1.807) is 20.8 Å². The normalized spacial score (nSPS) is 38.6. The number of aliphatic hydroxyl groups excluding tert-OH is 1. The molecule has 0 radical (unpaired) electrons. The van der Waals surface area contributed by atoms with E-state index in [0.29, 0.717) is 11.8 Å². The van der Waals surface area contributed by atoms with Gasteiger partial charge in [0.2, 0.25) is 0 Å². The third-order valence-corrected chi connectivity index (χ3v) is 5.62. The molecule has 22 heavy (non-hydrogen) atoms. The monoisotopic (exact) mass is 310 g/mol. The lowest BCUT2D eigenvalue weighted by atomic mass is 9.65. The summed E-state index contributed by atoms with van der Waals surface area (Å²) < 4.78 is 5.31. The topological polar surface area (TPSA) is 78.9 Å². The Kier molecular flexibility index (Phi) is 3.53. The molecule has 1 saturated carbocycles. The third-order valence-electron chi connectivity index (χ3n) is 5.62. The highest BCUT2D eigenvalue weighted by Gasteiger charge is 2.66. The molecule has 0 spiro atoms. The molecule has 0 aromatic carbocycles. The zero-order chi connectivity index (χ0) is 16.2. The van der Waals surface area contributed by atoms with Crippen molar-refractivity contribution < 1.29 is 19.4 Å². The molecule has 4 unspecified atom stereocenters. The van der Waals surface area contributed by atoms with Crippen LogP contribution in [0.5, 0.6) is 0 Å². The minimum Gasteiger partial charge on any atom is -0.444 e. The molecule has 6 heteroatoms. The van der Waals surface area contributed by atoms with E-state index in [0.717, 1.165) is 38.8 Å². The Morgan fingerprint density at radius 2 is 2.18 bits per heavy atom. The van der Waals surface area contributed by atoms with Crippen molar-refractivity contribution >= 4 is 12.4 Å². The Morgan fingerprint density at radius 3 is 2.73 bits per heavy atom. The van der Waals surface area contributed by atoms with Crippen LogP contribution in [0.15, 0.2) is 0 Å². The number of piperidine rings is 2. The maximum atomic E-state index is 12.2. The summed E-state index contributed by atoms with van der Waals surface area (Å²) in [6.07, 6.45) is 2.08. The van der Waals surface area contributed by atoms with Crippen molar-refractivity contribution in [2.75, 3.05) is 26.2 Å². The van der Waals surface area contributed by atoms with Crippen LogP contribution in [0.3, 0.4) is 0 Å². The highest BCUT2D eigenvalue weighted by molar-refractivity contribution is 5.78. The fraction of sp³-hybridized carbons (Fsp3) is 0.875. The Balaban J connectivity index is 1.86. The third kappa shape index (κ3) is 2.24. The second kappa shape index (κ2) is 4.93. The Morgan fingerprint density at radius 1 is 1.45 bits per heavy atom. The average molecular weight is 310 g/mol. The van der Waals surface area contributed by atoms with Crippen LogP contribution in [0.25, 0.3) is 0 Å². The lowest BCUT2D eigenvalue weighted by molar-refractivity contribution is -0.123. The number of amides is 1. The molecular weight excluding hydrogens is 284 g/mol. The molecule has 0 aromatic rings. The van der Waals surface area contributed by atoms with Gasteiger partial charge in [0.1, 0.15) is 17.4 Å². The average Bonchev–Trinajstić information content (AvgIpc) is 2.80. The lowest BCUT2D eigenvalue weighted by Crippen LogP contribution is -2.66. The molecule has 4 bridgehead atoms. The Hall–Kier alpha value is -1.14. The highest BCUT2D eigenvalue weighted by atomic mass is 16.6. The minimum absolute atomic E-state index is 0.358. The van der Waals surface area contributed by atoms with E-state index < -0.39 is 17.2 Å². The van der Waals surface area contributed by atoms with E-state index in [2.05, 4.69) is 10.2 Å². The highest BCUT2D eigenvalue weighted by Crippen LogP contribution is 2.60. The van der Waals surface area contributed by atoms with Crippen molar-refractivity contribution in [3.05, 3.63) is 0 Å². The fourth-order valence-electron chi connectivity index (χ4n) is 4.93. The van der Waals surface area contributed by atoms with E-state index >= 15 is 0 Å². The maximum absolute atomic E-state index is 12.2. The van der Waals surface area contributed by atoms with Gasteiger partial charge in [0, 0.05) is 25.0 Å². The molecule has 5 atom stereocenters. The first-order chi connectivity index (χ1) is 10.2. The number of alkyl carbamates (subject to hydrolysis) is 1. The standard InChI is InChI=1S/C16H26N2O4/c1-14(2,3)22-13(21)17-16(9-19,10-20)15-5-11-4-12(15)7-18(6-11)8-15/h9,11-12,20H,4-8,10H2,1-3H3,(H,17,21)/t11?,12?,15?,16-/m0/s1. The number of nitrogens with zero attached hydrogens (tertiary/aromatic N) is 1. The number of aldehydes is 1. The van der Waals surface area contributed by atoms with E-state index in [-0.39, 0.29) is 12.0 Å². The summed E-state index contributed by atoms with van der Waals surface area (Å²) in [5, 5.41) is 12.7. The van der Waals surface area contributed by atoms with Crippen LogP contribution < -0.4 is 5.32 Å². The number of rotatable bonds is 4. The van der Waals surface area contributed by atoms with Crippen LogP contribution in [-0.4, -0.2) is 59.8 Å². The van der Waals surface area contributed by atoms with Gasteiger partial charge in [0.05, 0.1) is 6.61 Å². The van der Waals surface area contributed by atoms with Gasteiger partial charge in [-0.05, 0) is 45.4 Å². The summed E-state index contributed by atoms with van der Waals surface area (Å²) in [5.74, 6) is 0.928. The van der Waals surface area contributed by atoms with Crippen molar-refractivity contribution in [1.82, 2.24) is 10.2 Å². The number of nitrogens with one attached hydrogen (secondary N) is 1. The predicted octanol–water partition coefficient (Wildman–Crippen LogP) is 0.783. The number of carbonyl (C=O) groups is 2. The Bertz CT molecular complexity index is 473. The molecule has 124 valence electrons.